The molecule has 0 bridgehead atoms. The first-order valence-electron chi connectivity index (χ1n) is 8.93. The van der Waals surface area contributed by atoms with Crippen molar-refractivity contribution in [1.82, 2.24) is 5.32 Å². The van der Waals surface area contributed by atoms with Gasteiger partial charge < -0.3 is 19.9 Å². The Morgan fingerprint density at radius 3 is 2.44 bits per heavy atom. The minimum atomic E-state index is -4.87. The molecule has 1 amide bonds. The number of rotatable bonds is 7. The summed E-state index contributed by atoms with van der Waals surface area (Å²) in [6, 6.07) is 10.9. The predicted molar refractivity (Wildman–Crippen MR) is 111 cm³/mol. The fourth-order valence-corrected chi connectivity index (χ4v) is 3.49. The number of carbonyl (C=O) groups excluding carboxylic acids is 1. The van der Waals surface area contributed by atoms with E-state index in [0.717, 1.165) is 6.07 Å². The second kappa shape index (κ2) is 9.54. The van der Waals surface area contributed by atoms with E-state index in [2.05, 4.69) is 10.1 Å². The van der Waals surface area contributed by atoms with Gasteiger partial charge in [0.25, 0.3) is 5.91 Å². The number of para-hydroxylation sites is 1. The minimum Gasteiger partial charge on any atom is -0.483 e. The molecule has 3 aromatic rings. The number of halogens is 5. The quantitative estimate of drug-likeness (QED) is 0.463. The number of aromatic carboxylic acids is 1. The van der Waals surface area contributed by atoms with Crippen molar-refractivity contribution < 1.29 is 37.3 Å². The number of hydrogen-bond donors (Lipinski definition) is 2. The zero-order valence-corrected chi connectivity index (χ0v) is 17.5. The Morgan fingerprint density at radius 1 is 1.03 bits per heavy atom. The van der Waals surface area contributed by atoms with Gasteiger partial charge in [0.1, 0.15) is 11.5 Å². The molecule has 2 N–H and O–H groups in total. The van der Waals surface area contributed by atoms with Crippen molar-refractivity contribution in [2.75, 3.05) is 6.61 Å². The van der Waals surface area contributed by atoms with E-state index in [0.29, 0.717) is 10.8 Å². The van der Waals surface area contributed by atoms with Crippen molar-refractivity contribution in [1.29, 1.82) is 0 Å². The topological polar surface area (TPSA) is 84.9 Å². The van der Waals surface area contributed by atoms with Crippen LogP contribution >= 0.6 is 23.2 Å². The molecular formula is C21H14Cl2F3NO5. The largest absolute Gasteiger partial charge is 0.573 e. The van der Waals surface area contributed by atoms with Crippen LogP contribution in [0.2, 0.25) is 10.0 Å². The highest BCUT2D eigenvalue weighted by atomic mass is 35.5. The number of carboxylic acids is 1. The van der Waals surface area contributed by atoms with E-state index in [-0.39, 0.29) is 33.5 Å². The van der Waals surface area contributed by atoms with Gasteiger partial charge in [-0.1, -0.05) is 41.4 Å². The monoisotopic (exact) mass is 487 g/mol. The Balaban J connectivity index is 1.74. The van der Waals surface area contributed by atoms with E-state index < -0.39 is 30.6 Å². The van der Waals surface area contributed by atoms with Gasteiger partial charge in [-0.2, -0.15) is 0 Å². The normalized spacial score (nSPS) is 11.3. The highest BCUT2D eigenvalue weighted by Crippen LogP contribution is 2.36. The number of amides is 1. The summed E-state index contributed by atoms with van der Waals surface area (Å²) in [4.78, 5) is 23.6. The van der Waals surface area contributed by atoms with Crippen LogP contribution in [0, 0.1) is 0 Å². The summed E-state index contributed by atoms with van der Waals surface area (Å²) >= 11 is 12.2. The number of hydrogen-bond acceptors (Lipinski definition) is 4. The molecule has 0 aliphatic carbocycles. The summed E-state index contributed by atoms with van der Waals surface area (Å²) in [7, 11) is 0. The zero-order valence-electron chi connectivity index (χ0n) is 16.0. The van der Waals surface area contributed by atoms with Gasteiger partial charge in [0.05, 0.1) is 10.6 Å². The Morgan fingerprint density at radius 2 is 1.75 bits per heavy atom. The highest BCUT2D eigenvalue weighted by molar-refractivity contribution is 6.39. The van der Waals surface area contributed by atoms with E-state index >= 15 is 0 Å². The molecule has 0 saturated carbocycles. The fourth-order valence-electron chi connectivity index (χ4n) is 2.89. The average Bonchev–Trinajstić information content (AvgIpc) is 2.69. The SMILES string of the molecule is O=C(COc1cc(C(=O)O)cc2cc(Cl)cc(Cl)c12)NCc1ccccc1OC(F)(F)F. The lowest BCUT2D eigenvalue weighted by Gasteiger charge is -2.14. The predicted octanol–water partition coefficient (Wildman–Crippen LogP) is 5.44. The van der Waals surface area contributed by atoms with Gasteiger partial charge in [-0.25, -0.2) is 4.79 Å². The maximum Gasteiger partial charge on any atom is 0.573 e. The lowest BCUT2D eigenvalue weighted by atomic mass is 10.1. The third-order valence-corrected chi connectivity index (χ3v) is 4.73. The van der Waals surface area contributed by atoms with Crippen LogP contribution in [0.1, 0.15) is 15.9 Å². The second-order valence-electron chi connectivity index (χ2n) is 6.49. The van der Waals surface area contributed by atoms with E-state index in [1.54, 1.807) is 0 Å². The lowest BCUT2D eigenvalue weighted by Crippen LogP contribution is -2.29. The van der Waals surface area contributed by atoms with Crippen molar-refractivity contribution >= 4 is 45.9 Å². The third kappa shape index (κ3) is 5.95. The van der Waals surface area contributed by atoms with Gasteiger partial charge in [-0.05, 0) is 35.7 Å². The molecule has 168 valence electrons. The molecule has 0 spiro atoms. The van der Waals surface area contributed by atoms with Crippen LogP contribution in [0.15, 0.2) is 48.5 Å². The van der Waals surface area contributed by atoms with Gasteiger partial charge in [0, 0.05) is 22.5 Å². The summed E-state index contributed by atoms with van der Waals surface area (Å²) in [5, 5.41) is 13.0. The maximum absolute atomic E-state index is 12.5. The Hall–Kier alpha value is -3.17. The minimum absolute atomic E-state index is 0.0394. The summed E-state index contributed by atoms with van der Waals surface area (Å²) in [6.45, 7) is -0.792. The van der Waals surface area contributed by atoms with Crippen molar-refractivity contribution in [2.45, 2.75) is 12.9 Å². The van der Waals surface area contributed by atoms with Gasteiger partial charge in [-0.15, -0.1) is 13.2 Å². The van der Waals surface area contributed by atoms with Crippen molar-refractivity contribution in [3.05, 3.63) is 69.7 Å². The Bertz CT molecular complexity index is 1180. The summed E-state index contributed by atoms with van der Waals surface area (Å²) in [5.41, 5.74) is -0.00125. The number of ether oxygens (including phenoxy) is 2. The number of nitrogens with one attached hydrogen (secondary N) is 1. The maximum atomic E-state index is 12.5. The van der Waals surface area contributed by atoms with Gasteiger partial charge in [0.2, 0.25) is 0 Å². The lowest BCUT2D eigenvalue weighted by molar-refractivity contribution is -0.274. The first-order chi connectivity index (χ1) is 15.0. The molecule has 0 aliphatic heterocycles. The molecule has 6 nitrogen and oxygen atoms in total. The van der Waals surface area contributed by atoms with Gasteiger partial charge >= 0.3 is 12.3 Å². The van der Waals surface area contributed by atoms with Crippen LogP contribution in [-0.2, 0) is 11.3 Å². The third-order valence-electron chi connectivity index (χ3n) is 4.21. The average molecular weight is 488 g/mol. The number of carbonyl (C=O) groups is 2. The molecule has 0 radical (unpaired) electrons. The van der Waals surface area contributed by atoms with Gasteiger partial charge in [0.15, 0.2) is 6.61 Å². The molecule has 0 atom stereocenters. The highest BCUT2D eigenvalue weighted by Gasteiger charge is 2.32. The van der Waals surface area contributed by atoms with E-state index in [1.807, 2.05) is 0 Å². The fraction of sp³-hybridized carbons (Fsp3) is 0.143. The van der Waals surface area contributed by atoms with Crippen LogP contribution in [-0.4, -0.2) is 30.0 Å². The molecule has 3 aromatic carbocycles. The molecule has 3 rings (SSSR count). The van der Waals surface area contributed by atoms with E-state index in [4.69, 9.17) is 27.9 Å². The molecule has 11 heteroatoms. The molecular weight excluding hydrogens is 474 g/mol. The molecule has 32 heavy (non-hydrogen) atoms. The molecule has 0 aromatic heterocycles. The van der Waals surface area contributed by atoms with Crippen molar-refractivity contribution in [3.8, 4) is 11.5 Å². The number of alkyl halides is 3. The van der Waals surface area contributed by atoms with Crippen molar-refractivity contribution in [3.63, 3.8) is 0 Å². The second-order valence-corrected chi connectivity index (χ2v) is 7.33. The van der Waals surface area contributed by atoms with E-state index in [1.165, 1.54) is 42.5 Å². The number of carboxylic acid groups (broad SMARTS) is 1. The molecule has 0 fully saturated rings. The summed E-state index contributed by atoms with van der Waals surface area (Å²) < 4.78 is 47.0. The van der Waals surface area contributed by atoms with Crippen molar-refractivity contribution in [2.24, 2.45) is 0 Å². The van der Waals surface area contributed by atoms with Crippen LogP contribution in [0.4, 0.5) is 13.2 Å². The Kier molecular flexibility index (Phi) is 7.00. The zero-order chi connectivity index (χ0) is 23.5. The number of fused-ring (bicyclic) bond motifs is 1. The smallest absolute Gasteiger partial charge is 0.483 e. The van der Waals surface area contributed by atoms with Crippen LogP contribution in [0.5, 0.6) is 11.5 Å². The van der Waals surface area contributed by atoms with Gasteiger partial charge in [-0.3, -0.25) is 4.79 Å². The first kappa shape index (κ1) is 23.5. The molecule has 0 unspecified atom stereocenters. The summed E-state index contributed by atoms with van der Waals surface area (Å²) in [6.07, 6.45) is -4.87. The first-order valence-corrected chi connectivity index (χ1v) is 9.68. The standard InChI is InChI=1S/C21H14Cl2F3NO5/c22-14-6-12-5-13(20(29)30)7-17(19(12)15(23)8-14)31-10-18(28)27-9-11-3-1-2-4-16(11)32-21(24,25)26/h1-8H,9-10H2,(H,27,28)(H,29,30). The molecule has 0 aliphatic rings. The van der Waals surface area contributed by atoms with E-state index in [9.17, 15) is 27.9 Å². The number of benzene rings is 3. The van der Waals surface area contributed by atoms with Crippen LogP contribution in [0.25, 0.3) is 10.8 Å². The Labute approximate surface area is 189 Å². The van der Waals surface area contributed by atoms with Crippen LogP contribution < -0.4 is 14.8 Å². The summed E-state index contributed by atoms with van der Waals surface area (Å²) in [5.74, 6) is -2.29. The molecule has 0 saturated heterocycles. The molecule has 0 heterocycles. The van der Waals surface area contributed by atoms with Crippen LogP contribution in [0.3, 0.4) is 0 Å².